The number of alkyl carbamates (subject to hydrolysis) is 1. The van der Waals surface area contributed by atoms with Gasteiger partial charge in [0.05, 0.1) is 6.61 Å². The minimum absolute atomic E-state index is 0.189. The molecule has 1 fully saturated rings. The van der Waals surface area contributed by atoms with Crippen LogP contribution in [0, 0.1) is 0 Å². The number of aromatic nitrogens is 1. The van der Waals surface area contributed by atoms with Gasteiger partial charge in [0.25, 0.3) is 0 Å². The van der Waals surface area contributed by atoms with E-state index < -0.39 is 12.1 Å². The maximum Gasteiger partial charge on any atom is 0.415 e. The van der Waals surface area contributed by atoms with Crippen LogP contribution in [0.2, 0.25) is 0 Å². The minimum Gasteiger partial charge on any atom is -0.450 e. The third-order valence-corrected chi connectivity index (χ3v) is 3.43. The van der Waals surface area contributed by atoms with Gasteiger partial charge in [0, 0.05) is 13.1 Å². The number of hydrogen-bond acceptors (Lipinski definition) is 6. The molecule has 0 bridgehead atoms. The number of nitrogens with one attached hydrogen (secondary N) is 1. The highest BCUT2D eigenvalue weighted by molar-refractivity contribution is 7.82. The molecule has 2 heterocycles. The van der Waals surface area contributed by atoms with Gasteiger partial charge in [-0.05, 0) is 31.9 Å². The number of imide groups is 1. The normalized spacial score (nSPS) is 13.9. The van der Waals surface area contributed by atoms with Crippen molar-refractivity contribution in [2.75, 3.05) is 28.9 Å². The molecule has 0 saturated carbocycles. The average Bonchev–Trinajstić information content (AvgIpc) is 3.01. The van der Waals surface area contributed by atoms with Crippen LogP contribution < -0.4 is 14.5 Å². The van der Waals surface area contributed by atoms with Gasteiger partial charge in [0.1, 0.15) is 11.6 Å². The molecule has 1 aromatic rings. The Morgan fingerprint density at radius 3 is 2.81 bits per heavy atom. The molecule has 0 radical (unpaired) electrons. The van der Waals surface area contributed by atoms with Crippen LogP contribution in [0.1, 0.15) is 19.8 Å². The Kier molecular flexibility index (Phi) is 5.26. The fraction of sp³-hybridized carbons (Fsp3) is 0.462. The lowest BCUT2D eigenvalue weighted by atomic mass is 10.4. The highest BCUT2D eigenvalue weighted by Gasteiger charge is 2.19. The first kappa shape index (κ1) is 15.4. The van der Waals surface area contributed by atoms with Crippen LogP contribution in [0.15, 0.2) is 18.2 Å². The van der Waals surface area contributed by atoms with Crippen LogP contribution in [0.4, 0.5) is 21.2 Å². The summed E-state index contributed by atoms with van der Waals surface area (Å²) in [5, 5.41) is 2.06. The van der Waals surface area contributed by atoms with Gasteiger partial charge in [0.2, 0.25) is 0 Å². The molecule has 1 N–H and O–H groups in total. The first-order chi connectivity index (χ1) is 10.1. The second-order valence-corrected chi connectivity index (χ2v) is 4.91. The molecular weight excluding hydrogens is 292 g/mol. The van der Waals surface area contributed by atoms with E-state index in [2.05, 4.69) is 32.8 Å². The molecule has 7 nitrogen and oxygen atoms in total. The zero-order chi connectivity index (χ0) is 15.2. The predicted molar refractivity (Wildman–Crippen MR) is 82.7 cm³/mol. The van der Waals surface area contributed by atoms with Crippen LogP contribution in [-0.4, -0.2) is 36.8 Å². The molecule has 21 heavy (non-hydrogen) atoms. The van der Waals surface area contributed by atoms with Crippen molar-refractivity contribution in [2.24, 2.45) is 0 Å². The Hall–Kier alpha value is -1.96. The van der Waals surface area contributed by atoms with E-state index in [1.165, 1.54) is 0 Å². The van der Waals surface area contributed by atoms with E-state index in [1.54, 1.807) is 19.1 Å². The smallest absolute Gasteiger partial charge is 0.415 e. The Bertz CT molecular complexity index is 520. The van der Waals surface area contributed by atoms with Gasteiger partial charge in [0.15, 0.2) is 0 Å². The molecule has 1 aliphatic rings. The summed E-state index contributed by atoms with van der Waals surface area (Å²) in [5.41, 5.74) is 0. The molecule has 0 aliphatic carbocycles. The van der Waals surface area contributed by atoms with Crippen LogP contribution in [0.25, 0.3) is 0 Å². The van der Waals surface area contributed by atoms with Crippen LogP contribution in [-0.2, 0) is 4.74 Å². The molecule has 2 rings (SSSR count). The third kappa shape index (κ3) is 4.01. The predicted octanol–water partition coefficient (Wildman–Crippen LogP) is 2.20. The number of rotatable bonds is 3. The molecule has 1 aliphatic heterocycles. The molecule has 0 spiro atoms. The van der Waals surface area contributed by atoms with Crippen molar-refractivity contribution in [2.45, 2.75) is 19.8 Å². The SMILES string of the molecule is CCOC(=O)NC(=O)N(S)c1cccc(N2CCCC2)n1. The Labute approximate surface area is 128 Å². The van der Waals surface area contributed by atoms with Gasteiger partial charge < -0.3 is 9.64 Å². The minimum atomic E-state index is -0.808. The number of urea groups is 1. The quantitative estimate of drug-likeness (QED) is 0.837. The van der Waals surface area contributed by atoms with Crippen molar-refractivity contribution in [3.05, 3.63) is 18.2 Å². The van der Waals surface area contributed by atoms with Crippen LogP contribution in [0.3, 0.4) is 0 Å². The first-order valence-electron chi connectivity index (χ1n) is 6.80. The number of ether oxygens (including phenoxy) is 1. The van der Waals surface area contributed by atoms with Crippen molar-refractivity contribution in [1.82, 2.24) is 10.3 Å². The molecule has 1 aromatic heterocycles. The number of hydrogen-bond donors (Lipinski definition) is 2. The number of nitrogens with zero attached hydrogens (tertiary/aromatic N) is 3. The van der Waals surface area contributed by atoms with E-state index in [1.807, 2.05) is 6.07 Å². The lowest BCUT2D eigenvalue weighted by Gasteiger charge is -2.19. The highest BCUT2D eigenvalue weighted by Crippen LogP contribution is 2.22. The Balaban J connectivity index is 2.04. The first-order valence-corrected chi connectivity index (χ1v) is 7.20. The Morgan fingerprint density at radius 2 is 2.14 bits per heavy atom. The van der Waals surface area contributed by atoms with E-state index in [0.29, 0.717) is 5.82 Å². The number of anilines is 2. The zero-order valence-electron chi connectivity index (χ0n) is 11.8. The third-order valence-electron chi connectivity index (χ3n) is 3.04. The summed E-state index contributed by atoms with van der Waals surface area (Å²) in [7, 11) is 0. The van der Waals surface area contributed by atoms with Gasteiger partial charge in [-0.2, -0.15) is 0 Å². The summed E-state index contributed by atoms with van der Waals surface area (Å²) in [6.07, 6.45) is 1.47. The van der Waals surface area contributed by atoms with Gasteiger partial charge in [-0.3, -0.25) is 0 Å². The largest absolute Gasteiger partial charge is 0.450 e. The summed E-state index contributed by atoms with van der Waals surface area (Å²) < 4.78 is 5.63. The number of carbonyl (C=O) groups is 2. The van der Waals surface area contributed by atoms with Crippen molar-refractivity contribution < 1.29 is 14.3 Å². The summed E-state index contributed by atoms with van der Waals surface area (Å²) in [5.74, 6) is 1.15. The van der Waals surface area contributed by atoms with Crippen molar-refractivity contribution in [3.63, 3.8) is 0 Å². The highest BCUT2D eigenvalue weighted by atomic mass is 32.1. The molecule has 114 valence electrons. The molecular formula is C13H18N4O3S. The molecule has 0 unspecified atom stereocenters. The lowest BCUT2D eigenvalue weighted by Crippen LogP contribution is -2.39. The van der Waals surface area contributed by atoms with Crippen LogP contribution in [0.5, 0.6) is 0 Å². The number of pyridine rings is 1. The van der Waals surface area contributed by atoms with Crippen molar-refractivity contribution in [3.8, 4) is 0 Å². The van der Waals surface area contributed by atoms with Gasteiger partial charge in [-0.25, -0.2) is 24.2 Å². The fourth-order valence-electron chi connectivity index (χ4n) is 2.06. The van der Waals surface area contributed by atoms with Crippen molar-refractivity contribution >= 4 is 36.6 Å². The van der Waals surface area contributed by atoms with E-state index in [0.717, 1.165) is 36.1 Å². The maximum atomic E-state index is 11.8. The van der Waals surface area contributed by atoms with E-state index in [4.69, 9.17) is 0 Å². The fourth-order valence-corrected chi connectivity index (χ4v) is 2.23. The summed E-state index contributed by atoms with van der Waals surface area (Å²) in [4.78, 5) is 29.6. The van der Waals surface area contributed by atoms with Gasteiger partial charge in [-0.1, -0.05) is 18.9 Å². The summed E-state index contributed by atoms with van der Waals surface area (Å²) >= 11 is 4.08. The number of carbonyl (C=O) groups excluding carboxylic acids is 2. The van der Waals surface area contributed by atoms with Crippen molar-refractivity contribution in [1.29, 1.82) is 0 Å². The summed E-state index contributed by atoms with van der Waals surface area (Å²) in [6, 6.07) is 4.64. The zero-order valence-corrected chi connectivity index (χ0v) is 12.7. The van der Waals surface area contributed by atoms with E-state index in [9.17, 15) is 9.59 Å². The molecule has 3 amide bonds. The number of amides is 3. The monoisotopic (exact) mass is 310 g/mol. The van der Waals surface area contributed by atoms with E-state index >= 15 is 0 Å². The second kappa shape index (κ2) is 7.16. The lowest BCUT2D eigenvalue weighted by molar-refractivity contribution is 0.154. The van der Waals surface area contributed by atoms with Crippen LogP contribution >= 0.6 is 12.8 Å². The molecule has 8 heteroatoms. The molecule has 0 atom stereocenters. The Morgan fingerprint density at radius 1 is 1.43 bits per heavy atom. The summed E-state index contributed by atoms with van der Waals surface area (Å²) in [6.45, 7) is 3.76. The standard InChI is InChI=1S/C13H18N4O3S/c1-2-20-13(19)15-12(18)17(21)11-7-5-6-10(14-11)16-8-3-4-9-16/h5-7,21H,2-4,8-9H2,1H3,(H,15,18,19). The maximum absolute atomic E-state index is 11.8. The van der Waals surface area contributed by atoms with Gasteiger partial charge >= 0.3 is 12.1 Å². The van der Waals surface area contributed by atoms with E-state index in [-0.39, 0.29) is 6.61 Å². The second-order valence-electron chi connectivity index (χ2n) is 4.51. The number of thiol groups is 1. The topological polar surface area (TPSA) is 74.8 Å². The van der Waals surface area contributed by atoms with Gasteiger partial charge in [-0.15, -0.1) is 0 Å². The molecule has 0 aromatic carbocycles. The average molecular weight is 310 g/mol. The molecule has 1 saturated heterocycles.